The van der Waals surface area contributed by atoms with Gasteiger partial charge in [-0.3, -0.25) is 10.1 Å². The van der Waals surface area contributed by atoms with Crippen molar-refractivity contribution in [1.29, 1.82) is 0 Å². The summed E-state index contributed by atoms with van der Waals surface area (Å²) in [7, 11) is -1.74. The van der Waals surface area contributed by atoms with Gasteiger partial charge in [0, 0.05) is 26.3 Å². The molecule has 0 fully saturated rings. The van der Waals surface area contributed by atoms with E-state index in [0.717, 1.165) is 24.3 Å². The number of hydrogen-bond acceptors (Lipinski definition) is 5. The standard InChI is InChI=1S/C17H18F6N4O4Si/c1-32(2,3)8-7-31-15(28)25(11-5-4-6-12(9-11)27(29)30)26-14(17(21,22)23)10-13(24-26)16(18,19)20/h4-6,9-10H,7-8H2,1-3H3. The average molecular weight is 484 g/mol. The van der Waals surface area contributed by atoms with Crippen LogP contribution in [-0.2, 0) is 17.1 Å². The van der Waals surface area contributed by atoms with Crippen LogP contribution < -0.4 is 5.01 Å². The number of benzene rings is 1. The van der Waals surface area contributed by atoms with Gasteiger partial charge in [-0.15, -0.1) is 5.10 Å². The Bertz CT molecular complexity index is 1000. The zero-order valence-electron chi connectivity index (χ0n) is 17.0. The molecule has 0 aliphatic carbocycles. The van der Waals surface area contributed by atoms with Crippen LogP contribution in [0.3, 0.4) is 0 Å². The van der Waals surface area contributed by atoms with Crippen LogP contribution in [0.15, 0.2) is 30.3 Å². The lowest BCUT2D eigenvalue weighted by Crippen LogP contribution is -2.40. The van der Waals surface area contributed by atoms with Crippen molar-refractivity contribution in [3.63, 3.8) is 0 Å². The molecule has 0 unspecified atom stereocenters. The molecule has 32 heavy (non-hydrogen) atoms. The number of carbonyl (C=O) groups is 1. The van der Waals surface area contributed by atoms with Crippen LogP contribution >= 0.6 is 0 Å². The fourth-order valence-electron chi connectivity index (χ4n) is 2.39. The number of alkyl halides is 6. The summed E-state index contributed by atoms with van der Waals surface area (Å²) >= 11 is 0. The molecule has 0 bridgehead atoms. The number of hydrogen-bond donors (Lipinski definition) is 0. The smallest absolute Gasteiger partial charge is 0.435 e. The summed E-state index contributed by atoms with van der Waals surface area (Å²) in [6, 6.07) is 3.92. The first-order valence-electron chi connectivity index (χ1n) is 8.97. The second kappa shape index (κ2) is 8.80. The fourth-order valence-corrected chi connectivity index (χ4v) is 3.11. The van der Waals surface area contributed by atoms with Crippen LogP contribution in [0, 0.1) is 10.1 Å². The molecule has 1 heterocycles. The average Bonchev–Trinajstić information content (AvgIpc) is 3.07. The number of carbonyl (C=O) groups excluding carboxylic acids is 1. The third kappa shape index (κ3) is 6.21. The molecule has 0 radical (unpaired) electrons. The van der Waals surface area contributed by atoms with E-state index in [2.05, 4.69) is 5.10 Å². The summed E-state index contributed by atoms with van der Waals surface area (Å²) < 4.78 is 84.7. The first-order valence-corrected chi connectivity index (χ1v) is 12.7. The summed E-state index contributed by atoms with van der Waals surface area (Å²) in [5.41, 5.74) is -4.98. The minimum absolute atomic E-state index is 0.0786. The molecule has 0 aliphatic rings. The summed E-state index contributed by atoms with van der Waals surface area (Å²) in [4.78, 5) is 22.6. The van der Waals surface area contributed by atoms with E-state index < -0.39 is 54.2 Å². The normalized spacial score (nSPS) is 12.5. The van der Waals surface area contributed by atoms with Gasteiger partial charge in [-0.25, -0.2) is 4.79 Å². The number of nitro benzene ring substituents is 1. The number of halogens is 6. The summed E-state index contributed by atoms with van der Waals surface area (Å²) in [6.45, 7) is 5.59. The topological polar surface area (TPSA) is 90.5 Å². The largest absolute Gasteiger partial charge is 0.448 e. The van der Waals surface area contributed by atoms with E-state index in [0.29, 0.717) is 6.04 Å². The molecule has 1 amide bonds. The number of ether oxygens (including phenoxy) is 1. The van der Waals surface area contributed by atoms with Crippen LogP contribution in [-0.4, -0.2) is 35.6 Å². The number of nitro groups is 1. The summed E-state index contributed by atoms with van der Waals surface area (Å²) in [6.07, 6.45) is -12.1. The first kappa shape index (κ1) is 25.2. The minimum Gasteiger partial charge on any atom is -0.448 e. The molecule has 176 valence electrons. The number of anilines is 1. The number of rotatable bonds is 6. The minimum atomic E-state index is -5.34. The van der Waals surface area contributed by atoms with Crippen molar-refractivity contribution in [1.82, 2.24) is 9.89 Å². The van der Waals surface area contributed by atoms with Crippen molar-refractivity contribution in [2.75, 3.05) is 11.6 Å². The van der Waals surface area contributed by atoms with Crippen molar-refractivity contribution in [3.05, 3.63) is 51.8 Å². The van der Waals surface area contributed by atoms with Crippen LogP contribution in [0.5, 0.6) is 0 Å². The highest BCUT2D eigenvalue weighted by Crippen LogP contribution is 2.36. The Morgan fingerprint density at radius 1 is 1.16 bits per heavy atom. The Kier molecular flexibility index (Phi) is 6.92. The van der Waals surface area contributed by atoms with E-state index >= 15 is 0 Å². The maximum atomic E-state index is 13.5. The molecule has 0 N–H and O–H groups in total. The second-order valence-corrected chi connectivity index (χ2v) is 13.4. The molecule has 2 aromatic rings. The van der Waals surface area contributed by atoms with Crippen LogP contribution in [0.25, 0.3) is 0 Å². The first-order chi connectivity index (χ1) is 14.5. The monoisotopic (exact) mass is 484 g/mol. The van der Waals surface area contributed by atoms with E-state index in [1.165, 1.54) is 0 Å². The highest BCUT2D eigenvalue weighted by atomic mass is 28.3. The van der Waals surface area contributed by atoms with Gasteiger partial charge < -0.3 is 4.74 Å². The Balaban J connectivity index is 2.64. The van der Waals surface area contributed by atoms with Crippen LogP contribution in [0.1, 0.15) is 11.4 Å². The predicted octanol–water partition coefficient (Wildman–Crippen LogP) is 5.57. The lowest BCUT2D eigenvalue weighted by Gasteiger charge is -2.25. The Morgan fingerprint density at radius 2 is 1.78 bits per heavy atom. The van der Waals surface area contributed by atoms with Crippen molar-refractivity contribution in [3.8, 4) is 0 Å². The zero-order valence-corrected chi connectivity index (χ0v) is 18.0. The van der Waals surface area contributed by atoms with Gasteiger partial charge in [0.2, 0.25) is 0 Å². The van der Waals surface area contributed by atoms with Gasteiger partial charge in [0.15, 0.2) is 11.4 Å². The predicted molar refractivity (Wildman–Crippen MR) is 103 cm³/mol. The van der Waals surface area contributed by atoms with Gasteiger partial charge >= 0.3 is 18.4 Å². The maximum Gasteiger partial charge on any atom is 0.435 e. The van der Waals surface area contributed by atoms with Gasteiger partial charge in [0.1, 0.15) is 0 Å². The third-order valence-electron chi connectivity index (χ3n) is 4.00. The summed E-state index contributed by atoms with van der Waals surface area (Å²) in [5, 5.41) is 14.0. The van der Waals surface area contributed by atoms with Gasteiger partial charge in [-0.1, -0.05) is 25.7 Å². The molecule has 0 saturated carbocycles. The van der Waals surface area contributed by atoms with Crippen LogP contribution in [0.4, 0.5) is 42.5 Å². The molecular weight excluding hydrogens is 466 g/mol. The van der Waals surface area contributed by atoms with Crippen molar-refractivity contribution >= 4 is 25.5 Å². The summed E-state index contributed by atoms with van der Waals surface area (Å²) in [5.74, 6) is 0. The molecule has 2 rings (SSSR count). The van der Waals surface area contributed by atoms with E-state index in [4.69, 9.17) is 4.74 Å². The number of aromatic nitrogens is 2. The number of nitrogens with zero attached hydrogens (tertiary/aromatic N) is 4. The van der Waals surface area contributed by atoms with E-state index in [1.54, 1.807) is 0 Å². The second-order valence-electron chi connectivity index (χ2n) is 7.81. The van der Waals surface area contributed by atoms with Crippen LogP contribution in [0.2, 0.25) is 25.7 Å². The highest BCUT2D eigenvalue weighted by Gasteiger charge is 2.44. The Morgan fingerprint density at radius 3 is 2.28 bits per heavy atom. The maximum absolute atomic E-state index is 13.5. The lowest BCUT2D eigenvalue weighted by molar-refractivity contribution is -0.384. The number of amides is 1. The van der Waals surface area contributed by atoms with Gasteiger partial charge in [0.05, 0.1) is 17.2 Å². The third-order valence-corrected chi connectivity index (χ3v) is 5.70. The van der Waals surface area contributed by atoms with Gasteiger partial charge in [-0.2, -0.15) is 36.1 Å². The van der Waals surface area contributed by atoms with Crippen molar-refractivity contribution in [2.45, 2.75) is 38.0 Å². The molecule has 0 aliphatic heterocycles. The fraction of sp³-hybridized carbons (Fsp3) is 0.412. The zero-order chi connectivity index (χ0) is 24.5. The molecule has 8 nitrogen and oxygen atoms in total. The molecule has 0 spiro atoms. The van der Waals surface area contributed by atoms with Gasteiger partial charge in [0.25, 0.3) is 5.69 Å². The van der Waals surface area contributed by atoms with Crippen molar-refractivity contribution in [2.24, 2.45) is 0 Å². The van der Waals surface area contributed by atoms with E-state index in [1.807, 2.05) is 19.6 Å². The molecule has 15 heteroatoms. The Hall–Kier alpha value is -3.10. The Labute approximate surface area is 178 Å². The highest BCUT2D eigenvalue weighted by molar-refractivity contribution is 6.76. The van der Waals surface area contributed by atoms with E-state index in [9.17, 15) is 41.3 Å². The van der Waals surface area contributed by atoms with E-state index in [-0.39, 0.29) is 22.5 Å². The quantitative estimate of drug-likeness (QED) is 0.231. The van der Waals surface area contributed by atoms with Gasteiger partial charge in [-0.05, 0) is 12.1 Å². The lowest BCUT2D eigenvalue weighted by atomic mass is 10.3. The molecule has 1 aromatic carbocycles. The molecular formula is C17H18F6N4O4Si. The SMILES string of the molecule is C[Si](C)(C)CCOC(=O)N(c1cccc([N+](=O)[O-])c1)n1nc(C(F)(F)F)cc1C(F)(F)F. The molecule has 0 saturated heterocycles. The molecule has 1 aromatic heterocycles. The molecule has 0 atom stereocenters. The number of non-ortho nitro benzene ring substituents is 1. The van der Waals surface area contributed by atoms with Crippen molar-refractivity contribution < 1.29 is 40.8 Å².